The van der Waals surface area contributed by atoms with Gasteiger partial charge in [0.2, 0.25) is 5.95 Å². The molecule has 1 aromatic carbocycles. The Morgan fingerprint density at radius 3 is 2.63 bits per heavy atom. The lowest BCUT2D eigenvalue weighted by Crippen LogP contribution is -2.36. The minimum absolute atomic E-state index is 0.529. The van der Waals surface area contributed by atoms with Crippen LogP contribution in [0.5, 0.6) is 0 Å². The van der Waals surface area contributed by atoms with Crippen molar-refractivity contribution in [2.45, 2.75) is 25.3 Å². The molecule has 0 bridgehead atoms. The van der Waals surface area contributed by atoms with E-state index in [1.165, 1.54) is 19.3 Å². The fourth-order valence-electron chi connectivity index (χ4n) is 4.20. The molecular formula is C22H23N7O. The highest BCUT2D eigenvalue weighted by Crippen LogP contribution is 2.36. The van der Waals surface area contributed by atoms with Crippen LogP contribution in [-0.2, 0) is 4.74 Å². The third-order valence-corrected chi connectivity index (χ3v) is 6.12. The monoisotopic (exact) mass is 401 g/mol. The first kappa shape index (κ1) is 17.6. The van der Waals surface area contributed by atoms with Gasteiger partial charge in [-0.15, -0.1) is 0 Å². The number of aromatic nitrogens is 5. The van der Waals surface area contributed by atoms with Crippen molar-refractivity contribution in [3.63, 3.8) is 0 Å². The van der Waals surface area contributed by atoms with Gasteiger partial charge in [-0.25, -0.2) is 19.9 Å². The van der Waals surface area contributed by atoms with Crippen LogP contribution >= 0.6 is 0 Å². The SMILES string of the molecule is c1cc(Nc2ncc3ccc4ncn(C5CCC5)c4c3n2)ncc1N1CCOCC1. The topological polar surface area (TPSA) is 81.0 Å². The zero-order valence-corrected chi connectivity index (χ0v) is 16.7. The van der Waals surface area contributed by atoms with Crippen LogP contribution < -0.4 is 10.2 Å². The minimum Gasteiger partial charge on any atom is -0.378 e. The molecule has 0 atom stereocenters. The second-order valence-corrected chi connectivity index (χ2v) is 7.93. The summed E-state index contributed by atoms with van der Waals surface area (Å²) in [4.78, 5) is 20.8. The molecule has 2 fully saturated rings. The van der Waals surface area contributed by atoms with E-state index in [1.807, 2.05) is 30.9 Å². The average Bonchev–Trinajstić information content (AvgIpc) is 3.18. The normalized spacial score (nSPS) is 17.4. The number of morpholine rings is 1. The number of anilines is 3. The first-order valence-electron chi connectivity index (χ1n) is 10.5. The van der Waals surface area contributed by atoms with Gasteiger partial charge in [0.15, 0.2) is 0 Å². The van der Waals surface area contributed by atoms with Crippen LogP contribution in [0.3, 0.4) is 0 Å². The molecule has 1 aliphatic carbocycles. The van der Waals surface area contributed by atoms with E-state index < -0.39 is 0 Å². The summed E-state index contributed by atoms with van der Waals surface area (Å²) < 4.78 is 7.71. The van der Waals surface area contributed by atoms with E-state index in [0.717, 1.165) is 59.7 Å². The van der Waals surface area contributed by atoms with Crippen LogP contribution in [0.15, 0.2) is 43.0 Å². The van der Waals surface area contributed by atoms with Gasteiger partial charge in [-0.05, 0) is 43.5 Å². The highest BCUT2D eigenvalue weighted by molar-refractivity contribution is 6.02. The number of rotatable bonds is 4. The molecule has 30 heavy (non-hydrogen) atoms. The minimum atomic E-state index is 0.529. The van der Waals surface area contributed by atoms with Crippen molar-refractivity contribution in [1.82, 2.24) is 24.5 Å². The van der Waals surface area contributed by atoms with Crippen molar-refractivity contribution in [3.05, 3.63) is 43.0 Å². The summed E-state index contributed by atoms with van der Waals surface area (Å²) in [6, 6.07) is 8.66. The van der Waals surface area contributed by atoms with E-state index in [1.54, 1.807) is 0 Å². The predicted molar refractivity (Wildman–Crippen MR) is 116 cm³/mol. The van der Waals surface area contributed by atoms with Gasteiger partial charge in [-0.3, -0.25) is 0 Å². The number of nitrogens with one attached hydrogen (secondary N) is 1. The molecule has 6 rings (SSSR count). The standard InChI is InChI=1S/C22H23N7O/c1-2-16(3-1)29-14-25-18-6-4-15-12-24-22(27-20(15)21(18)29)26-19-7-5-17(13-23-19)28-8-10-30-11-9-28/h4-7,12-14,16H,1-3,8-11H2,(H,23,24,26,27). The van der Waals surface area contributed by atoms with Crippen LogP contribution in [-0.4, -0.2) is 50.8 Å². The van der Waals surface area contributed by atoms with Gasteiger partial charge in [-0.2, -0.15) is 0 Å². The third kappa shape index (κ3) is 3.04. The van der Waals surface area contributed by atoms with E-state index in [-0.39, 0.29) is 0 Å². The van der Waals surface area contributed by atoms with Crippen molar-refractivity contribution in [2.75, 3.05) is 36.5 Å². The Balaban J connectivity index is 1.31. The predicted octanol–water partition coefficient (Wildman–Crippen LogP) is 3.68. The maximum Gasteiger partial charge on any atom is 0.228 e. The van der Waals surface area contributed by atoms with Crippen molar-refractivity contribution in [2.24, 2.45) is 0 Å². The summed E-state index contributed by atoms with van der Waals surface area (Å²) in [7, 11) is 0. The summed E-state index contributed by atoms with van der Waals surface area (Å²) in [6.07, 6.45) is 9.40. The number of benzene rings is 1. The Morgan fingerprint density at radius 2 is 1.87 bits per heavy atom. The van der Waals surface area contributed by atoms with Gasteiger partial charge in [-0.1, -0.05) is 0 Å². The molecule has 1 saturated carbocycles. The largest absolute Gasteiger partial charge is 0.378 e. The molecule has 8 heteroatoms. The Labute approximate surface area is 173 Å². The number of hydrogen-bond donors (Lipinski definition) is 1. The molecule has 1 saturated heterocycles. The Bertz CT molecular complexity index is 1190. The van der Waals surface area contributed by atoms with Crippen molar-refractivity contribution in [3.8, 4) is 0 Å². The van der Waals surface area contributed by atoms with Crippen molar-refractivity contribution >= 4 is 39.4 Å². The first-order chi connectivity index (χ1) is 14.8. The van der Waals surface area contributed by atoms with Gasteiger partial charge in [0.1, 0.15) is 11.3 Å². The molecule has 0 unspecified atom stereocenters. The molecular weight excluding hydrogens is 378 g/mol. The van der Waals surface area contributed by atoms with E-state index >= 15 is 0 Å². The molecule has 1 aliphatic heterocycles. The maximum absolute atomic E-state index is 5.42. The molecule has 0 spiro atoms. The van der Waals surface area contributed by atoms with E-state index in [0.29, 0.717) is 12.0 Å². The van der Waals surface area contributed by atoms with Crippen molar-refractivity contribution in [1.29, 1.82) is 0 Å². The summed E-state index contributed by atoms with van der Waals surface area (Å²) in [5.74, 6) is 1.27. The smallest absolute Gasteiger partial charge is 0.228 e. The van der Waals surface area contributed by atoms with Gasteiger partial charge < -0.3 is 19.5 Å². The molecule has 1 N–H and O–H groups in total. The second-order valence-electron chi connectivity index (χ2n) is 7.93. The van der Waals surface area contributed by atoms with E-state index in [2.05, 4.69) is 41.9 Å². The zero-order valence-electron chi connectivity index (χ0n) is 16.7. The summed E-state index contributed by atoms with van der Waals surface area (Å²) in [6.45, 7) is 3.31. The first-order valence-corrected chi connectivity index (χ1v) is 10.5. The van der Waals surface area contributed by atoms with Gasteiger partial charge in [0.05, 0.1) is 42.5 Å². The fourth-order valence-corrected chi connectivity index (χ4v) is 4.20. The third-order valence-electron chi connectivity index (χ3n) is 6.12. The Kier molecular flexibility index (Phi) is 4.23. The lowest BCUT2D eigenvalue weighted by atomic mass is 9.93. The molecule has 0 amide bonds. The molecule has 4 heterocycles. The van der Waals surface area contributed by atoms with Crippen LogP contribution in [0.2, 0.25) is 0 Å². The van der Waals surface area contributed by atoms with Gasteiger partial charge in [0.25, 0.3) is 0 Å². The van der Waals surface area contributed by atoms with Crippen molar-refractivity contribution < 1.29 is 4.74 Å². The lowest BCUT2D eigenvalue weighted by Gasteiger charge is -2.28. The second kappa shape index (κ2) is 7.21. The van der Waals surface area contributed by atoms with Gasteiger partial charge >= 0.3 is 0 Å². The Morgan fingerprint density at radius 1 is 0.967 bits per heavy atom. The number of hydrogen-bond acceptors (Lipinski definition) is 7. The fraction of sp³-hybridized carbons (Fsp3) is 0.364. The number of imidazole rings is 1. The molecule has 8 nitrogen and oxygen atoms in total. The van der Waals surface area contributed by atoms with E-state index in [9.17, 15) is 0 Å². The van der Waals surface area contributed by atoms with Crippen LogP contribution in [0.25, 0.3) is 21.9 Å². The number of ether oxygens (including phenoxy) is 1. The maximum atomic E-state index is 5.42. The highest BCUT2D eigenvalue weighted by atomic mass is 16.5. The highest BCUT2D eigenvalue weighted by Gasteiger charge is 2.22. The summed E-state index contributed by atoms with van der Waals surface area (Å²) in [5.41, 5.74) is 4.11. The molecule has 2 aliphatic rings. The average molecular weight is 401 g/mol. The van der Waals surface area contributed by atoms with Crippen LogP contribution in [0.1, 0.15) is 25.3 Å². The van der Waals surface area contributed by atoms with Gasteiger partial charge in [0, 0.05) is 30.7 Å². The van der Waals surface area contributed by atoms with Crippen LogP contribution in [0, 0.1) is 0 Å². The summed E-state index contributed by atoms with van der Waals surface area (Å²) in [5, 5.41) is 4.27. The number of pyridine rings is 1. The molecule has 3 aromatic heterocycles. The Hall–Kier alpha value is -3.26. The van der Waals surface area contributed by atoms with E-state index in [4.69, 9.17) is 9.72 Å². The summed E-state index contributed by atoms with van der Waals surface area (Å²) >= 11 is 0. The lowest BCUT2D eigenvalue weighted by molar-refractivity contribution is 0.122. The molecule has 4 aromatic rings. The number of fused-ring (bicyclic) bond motifs is 3. The zero-order chi connectivity index (χ0) is 19.9. The number of nitrogens with zero attached hydrogens (tertiary/aromatic N) is 6. The van der Waals surface area contributed by atoms with Crippen LogP contribution in [0.4, 0.5) is 17.5 Å². The molecule has 152 valence electrons. The quantitative estimate of drug-likeness (QED) is 0.559. The molecule has 0 radical (unpaired) electrons.